The fraction of sp³-hybridized carbons (Fsp3) is 0.467. The van der Waals surface area contributed by atoms with Crippen LogP contribution in [0.1, 0.15) is 24.1 Å². The van der Waals surface area contributed by atoms with Crippen molar-refractivity contribution < 1.29 is 9.59 Å². The van der Waals surface area contributed by atoms with Gasteiger partial charge in [-0.25, -0.2) is 4.79 Å². The minimum Gasteiger partial charge on any atom is -0.315 e. The van der Waals surface area contributed by atoms with Gasteiger partial charge in [0.05, 0.1) is 6.04 Å². The average molecular weight is 273 g/mol. The molecular formula is C15H19N3O2. The molecule has 0 radical (unpaired) electrons. The zero-order valence-electron chi connectivity index (χ0n) is 11.9. The number of fused-ring (bicyclic) bond motifs is 1. The van der Waals surface area contributed by atoms with E-state index in [1.54, 1.807) is 4.90 Å². The van der Waals surface area contributed by atoms with Crippen molar-refractivity contribution in [3.63, 3.8) is 0 Å². The first kappa shape index (κ1) is 13.1. The third-order valence-electron chi connectivity index (χ3n) is 4.10. The maximum atomic E-state index is 12.4. The topological polar surface area (TPSA) is 43.9 Å². The lowest BCUT2D eigenvalue weighted by Crippen LogP contribution is -2.44. The number of likely N-dealkylation sites (N-methyl/N-ethyl adjacent to an activating group) is 2. The van der Waals surface area contributed by atoms with Crippen LogP contribution in [-0.4, -0.2) is 53.3 Å². The van der Waals surface area contributed by atoms with Gasteiger partial charge in [-0.3, -0.25) is 14.6 Å². The molecule has 3 amide bonds. The van der Waals surface area contributed by atoms with Crippen molar-refractivity contribution in [2.45, 2.75) is 19.5 Å². The summed E-state index contributed by atoms with van der Waals surface area (Å²) in [6.45, 7) is 4.24. The third kappa shape index (κ3) is 1.98. The van der Waals surface area contributed by atoms with Crippen LogP contribution < -0.4 is 0 Å². The van der Waals surface area contributed by atoms with Gasteiger partial charge in [-0.1, -0.05) is 24.3 Å². The van der Waals surface area contributed by atoms with Crippen molar-refractivity contribution in [3.05, 3.63) is 35.4 Å². The highest BCUT2D eigenvalue weighted by Gasteiger charge is 2.42. The normalized spacial score (nSPS) is 23.4. The Kier molecular flexibility index (Phi) is 3.22. The fourth-order valence-electron chi connectivity index (χ4n) is 3.09. The van der Waals surface area contributed by atoms with E-state index in [1.165, 1.54) is 10.5 Å². The van der Waals surface area contributed by atoms with Gasteiger partial charge in [0.2, 0.25) is 0 Å². The van der Waals surface area contributed by atoms with Crippen LogP contribution in [0.4, 0.5) is 4.79 Å². The number of urea groups is 1. The highest BCUT2D eigenvalue weighted by Crippen LogP contribution is 2.32. The molecule has 2 aliphatic rings. The molecule has 1 aromatic rings. The molecule has 0 saturated carbocycles. The van der Waals surface area contributed by atoms with Crippen molar-refractivity contribution >= 4 is 11.9 Å². The van der Waals surface area contributed by atoms with Crippen molar-refractivity contribution in [3.8, 4) is 0 Å². The second-order valence-electron chi connectivity index (χ2n) is 5.47. The minimum atomic E-state index is -0.165. The van der Waals surface area contributed by atoms with Crippen LogP contribution in [0, 0.1) is 0 Å². The van der Waals surface area contributed by atoms with Crippen LogP contribution in [-0.2, 0) is 11.3 Å². The summed E-state index contributed by atoms with van der Waals surface area (Å²) in [7, 11) is 2.02. The standard InChI is InChI=1S/C15H19N3O2/c1-3-17-10-14(19)18(15(17)20)13-9-16(2)8-11-6-4-5-7-12(11)13/h4-7,13H,3,8-10H2,1-2H3/t13-/m0/s1. The first-order valence-electron chi connectivity index (χ1n) is 6.99. The second-order valence-corrected chi connectivity index (χ2v) is 5.47. The van der Waals surface area contributed by atoms with Gasteiger partial charge in [-0.15, -0.1) is 0 Å². The predicted octanol–water partition coefficient (Wildman–Crippen LogP) is 1.46. The van der Waals surface area contributed by atoms with E-state index in [4.69, 9.17) is 0 Å². The number of imide groups is 1. The molecule has 1 atom stereocenters. The van der Waals surface area contributed by atoms with Crippen LogP contribution in [0.25, 0.3) is 0 Å². The number of hydrogen-bond acceptors (Lipinski definition) is 3. The van der Waals surface area contributed by atoms with Gasteiger partial charge in [0, 0.05) is 19.6 Å². The number of benzene rings is 1. The fourth-order valence-corrected chi connectivity index (χ4v) is 3.09. The molecule has 5 nitrogen and oxygen atoms in total. The first-order chi connectivity index (χ1) is 9.61. The van der Waals surface area contributed by atoms with E-state index < -0.39 is 0 Å². The molecule has 0 aliphatic carbocycles. The number of nitrogens with zero attached hydrogens (tertiary/aromatic N) is 3. The molecule has 0 N–H and O–H groups in total. The van der Waals surface area contributed by atoms with E-state index in [0.29, 0.717) is 13.1 Å². The molecule has 0 unspecified atom stereocenters. The van der Waals surface area contributed by atoms with Crippen LogP contribution >= 0.6 is 0 Å². The van der Waals surface area contributed by atoms with E-state index in [-0.39, 0.29) is 24.5 Å². The maximum Gasteiger partial charge on any atom is 0.327 e. The van der Waals surface area contributed by atoms with Crippen LogP contribution in [0.5, 0.6) is 0 Å². The van der Waals surface area contributed by atoms with Crippen LogP contribution in [0.15, 0.2) is 24.3 Å². The quantitative estimate of drug-likeness (QED) is 0.766. The molecule has 3 rings (SSSR count). The summed E-state index contributed by atoms with van der Waals surface area (Å²) in [6, 6.07) is 7.75. The molecule has 1 aromatic carbocycles. The number of carbonyl (C=O) groups excluding carboxylic acids is 2. The largest absolute Gasteiger partial charge is 0.327 e. The number of carbonyl (C=O) groups is 2. The van der Waals surface area contributed by atoms with E-state index in [0.717, 1.165) is 12.1 Å². The Hall–Kier alpha value is -1.88. The number of rotatable bonds is 2. The van der Waals surface area contributed by atoms with E-state index in [9.17, 15) is 9.59 Å². The van der Waals surface area contributed by atoms with Crippen molar-refractivity contribution in [2.24, 2.45) is 0 Å². The Bertz CT molecular complexity index is 558. The smallest absolute Gasteiger partial charge is 0.315 e. The monoisotopic (exact) mass is 273 g/mol. The molecule has 106 valence electrons. The summed E-state index contributed by atoms with van der Waals surface area (Å²) in [5, 5.41) is 0. The van der Waals surface area contributed by atoms with Crippen molar-refractivity contribution in [1.82, 2.24) is 14.7 Å². The van der Waals surface area contributed by atoms with Gasteiger partial charge in [-0.2, -0.15) is 0 Å². The third-order valence-corrected chi connectivity index (χ3v) is 4.10. The van der Waals surface area contributed by atoms with Gasteiger partial charge in [-0.05, 0) is 25.1 Å². The summed E-state index contributed by atoms with van der Waals surface area (Å²) < 4.78 is 0. The SMILES string of the molecule is CCN1CC(=O)N([C@H]2CN(C)Cc3ccccc32)C1=O. The van der Waals surface area contributed by atoms with Gasteiger partial charge >= 0.3 is 6.03 Å². The zero-order chi connectivity index (χ0) is 14.3. The van der Waals surface area contributed by atoms with Crippen LogP contribution in [0.3, 0.4) is 0 Å². The molecule has 2 heterocycles. The highest BCUT2D eigenvalue weighted by molar-refractivity contribution is 6.02. The Balaban J connectivity index is 1.98. The van der Waals surface area contributed by atoms with E-state index in [2.05, 4.69) is 11.0 Å². The lowest BCUT2D eigenvalue weighted by atomic mass is 9.95. The highest BCUT2D eigenvalue weighted by atomic mass is 16.2. The summed E-state index contributed by atoms with van der Waals surface area (Å²) in [5.41, 5.74) is 2.30. The first-order valence-corrected chi connectivity index (χ1v) is 6.99. The Morgan fingerprint density at radius 2 is 1.95 bits per heavy atom. The van der Waals surface area contributed by atoms with Crippen molar-refractivity contribution in [2.75, 3.05) is 26.7 Å². The van der Waals surface area contributed by atoms with Crippen molar-refractivity contribution in [1.29, 1.82) is 0 Å². The molecular weight excluding hydrogens is 254 g/mol. The molecule has 1 saturated heterocycles. The summed E-state index contributed by atoms with van der Waals surface area (Å²) in [4.78, 5) is 29.8. The van der Waals surface area contributed by atoms with Gasteiger partial charge in [0.25, 0.3) is 5.91 Å². The van der Waals surface area contributed by atoms with Gasteiger partial charge < -0.3 is 4.90 Å². The second kappa shape index (κ2) is 4.90. The molecule has 0 bridgehead atoms. The molecule has 5 heteroatoms. The molecule has 2 aliphatic heterocycles. The summed E-state index contributed by atoms with van der Waals surface area (Å²) in [5.74, 6) is -0.0908. The predicted molar refractivity (Wildman–Crippen MR) is 75.0 cm³/mol. The molecule has 1 fully saturated rings. The zero-order valence-corrected chi connectivity index (χ0v) is 11.9. The average Bonchev–Trinajstić information content (AvgIpc) is 2.72. The summed E-state index contributed by atoms with van der Waals surface area (Å²) >= 11 is 0. The maximum absolute atomic E-state index is 12.4. The molecule has 0 aromatic heterocycles. The molecule has 0 spiro atoms. The van der Waals surface area contributed by atoms with Crippen LogP contribution in [0.2, 0.25) is 0 Å². The van der Waals surface area contributed by atoms with E-state index in [1.807, 2.05) is 32.2 Å². The Labute approximate surface area is 118 Å². The van der Waals surface area contributed by atoms with Gasteiger partial charge in [0.1, 0.15) is 6.54 Å². The Morgan fingerprint density at radius 1 is 1.20 bits per heavy atom. The molecule has 20 heavy (non-hydrogen) atoms. The minimum absolute atomic E-state index is 0.0908. The Morgan fingerprint density at radius 3 is 2.65 bits per heavy atom. The lowest BCUT2D eigenvalue weighted by molar-refractivity contribution is -0.127. The number of hydrogen-bond donors (Lipinski definition) is 0. The lowest BCUT2D eigenvalue weighted by Gasteiger charge is -2.36. The number of amides is 3. The summed E-state index contributed by atoms with van der Waals surface area (Å²) in [6.07, 6.45) is 0. The van der Waals surface area contributed by atoms with Gasteiger partial charge in [0.15, 0.2) is 0 Å². The van der Waals surface area contributed by atoms with E-state index >= 15 is 0 Å².